The van der Waals surface area contributed by atoms with Gasteiger partial charge in [0, 0.05) is 12.1 Å². The van der Waals surface area contributed by atoms with E-state index in [4.69, 9.17) is 0 Å². The van der Waals surface area contributed by atoms with Gasteiger partial charge in [-0.3, -0.25) is 14.8 Å². The molecule has 0 heterocycles. The molecule has 1 unspecified atom stereocenters. The van der Waals surface area contributed by atoms with E-state index in [-0.39, 0.29) is 10.6 Å². The Balaban J connectivity index is 2.27. The van der Waals surface area contributed by atoms with Gasteiger partial charge in [-0.2, -0.15) is 0 Å². The number of nitro benzene ring substituents is 1. The molecule has 0 aliphatic carbocycles. The molecule has 0 fully saturated rings. The molecular weight excluding hydrogens is 328 g/mol. The summed E-state index contributed by atoms with van der Waals surface area (Å²) in [6, 6.07) is 10.8. The number of hydrogen-bond donors (Lipinski definition) is 1. The van der Waals surface area contributed by atoms with E-state index in [1.54, 1.807) is 19.1 Å². The maximum absolute atomic E-state index is 12.5. The Labute approximate surface area is 141 Å². The molecular formula is C17H20N2O4S. The summed E-state index contributed by atoms with van der Waals surface area (Å²) in [4.78, 5) is 10.4. The Hall–Kier alpha value is -2.41. The quantitative estimate of drug-likeness (QED) is 0.625. The summed E-state index contributed by atoms with van der Waals surface area (Å²) in [6.07, 6.45) is 0.979. The van der Waals surface area contributed by atoms with Crippen molar-refractivity contribution in [3.05, 3.63) is 63.7 Å². The third-order valence-electron chi connectivity index (χ3n) is 4.04. The van der Waals surface area contributed by atoms with Crippen molar-refractivity contribution in [2.45, 2.75) is 38.0 Å². The van der Waals surface area contributed by atoms with Crippen LogP contribution in [0.4, 0.5) is 11.4 Å². The second-order valence-corrected chi connectivity index (χ2v) is 7.42. The SMILES string of the molecule is CCC(C)c1ccc(S(=O)(=O)Nc2ccc([N+](=O)[O-])cc2C)cc1. The molecule has 6 nitrogen and oxygen atoms in total. The lowest BCUT2D eigenvalue weighted by atomic mass is 9.99. The predicted molar refractivity (Wildman–Crippen MR) is 93.8 cm³/mol. The Bertz CT molecular complexity index is 845. The molecule has 0 amide bonds. The van der Waals surface area contributed by atoms with Gasteiger partial charge in [0.15, 0.2) is 0 Å². The van der Waals surface area contributed by atoms with E-state index < -0.39 is 14.9 Å². The standard InChI is InChI=1S/C17H20N2O4S/c1-4-12(2)14-5-8-16(9-6-14)24(22,23)18-17-10-7-15(19(20)21)11-13(17)3/h5-12,18H,4H2,1-3H3. The highest BCUT2D eigenvalue weighted by atomic mass is 32.2. The highest BCUT2D eigenvalue weighted by Gasteiger charge is 2.17. The molecule has 0 aliphatic heterocycles. The molecule has 0 aliphatic rings. The molecule has 0 radical (unpaired) electrons. The van der Waals surface area contributed by atoms with Gasteiger partial charge < -0.3 is 0 Å². The first-order valence-corrected chi connectivity index (χ1v) is 9.10. The van der Waals surface area contributed by atoms with E-state index in [0.717, 1.165) is 12.0 Å². The summed E-state index contributed by atoms with van der Waals surface area (Å²) < 4.78 is 27.4. The van der Waals surface area contributed by atoms with Gasteiger partial charge in [-0.1, -0.05) is 26.0 Å². The van der Waals surface area contributed by atoms with Crippen LogP contribution >= 0.6 is 0 Å². The summed E-state index contributed by atoms with van der Waals surface area (Å²) in [5.41, 5.74) is 1.83. The van der Waals surface area contributed by atoms with Crippen molar-refractivity contribution in [3.63, 3.8) is 0 Å². The van der Waals surface area contributed by atoms with Crippen molar-refractivity contribution in [2.24, 2.45) is 0 Å². The lowest BCUT2D eigenvalue weighted by Crippen LogP contribution is -2.14. The monoisotopic (exact) mass is 348 g/mol. The van der Waals surface area contributed by atoms with E-state index in [1.807, 2.05) is 12.1 Å². The van der Waals surface area contributed by atoms with Crippen molar-refractivity contribution in [1.29, 1.82) is 0 Å². The van der Waals surface area contributed by atoms with E-state index in [0.29, 0.717) is 17.2 Å². The molecule has 0 saturated carbocycles. The minimum absolute atomic E-state index is 0.0756. The van der Waals surface area contributed by atoms with Gasteiger partial charge in [0.2, 0.25) is 0 Å². The Morgan fingerprint density at radius 1 is 1.17 bits per heavy atom. The largest absolute Gasteiger partial charge is 0.279 e. The van der Waals surface area contributed by atoms with Gasteiger partial charge in [-0.05, 0) is 48.6 Å². The molecule has 0 saturated heterocycles. The second-order valence-electron chi connectivity index (χ2n) is 5.74. The molecule has 1 atom stereocenters. The predicted octanol–water partition coefficient (Wildman–Crippen LogP) is 4.22. The third kappa shape index (κ3) is 3.91. The van der Waals surface area contributed by atoms with Crippen LogP contribution in [-0.2, 0) is 10.0 Å². The lowest BCUT2D eigenvalue weighted by Gasteiger charge is -2.12. The molecule has 2 aromatic carbocycles. The van der Waals surface area contributed by atoms with Gasteiger partial charge in [-0.15, -0.1) is 0 Å². The number of nitro groups is 1. The minimum Gasteiger partial charge on any atom is -0.279 e. The number of benzene rings is 2. The molecule has 0 aromatic heterocycles. The highest BCUT2D eigenvalue weighted by Crippen LogP contribution is 2.25. The maximum Gasteiger partial charge on any atom is 0.269 e. The first-order chi connectivity index (χ1) is 11.2. The van der Waals surface area contributed by atoms with Gasteiger partial charge in [-0.25, -0.2) is 8.42 Å². The highest BCUT2D eigenvalue weighted by molar-refractivity contribution is 7.92. The Morgan fingerprint density at radius 3 is 2.29 bits per heavy atom. The Morgan fingerprint density at radius 2 is 1.79 bits per heavy atom. The van der Waals surface area contributed by atoms with Crippen LogP contribution in [0.3, 0.4) is 0 Å². The molecule has 24 heavy (non-hydrogen) atoms. The topological polar surface area (TPSA) is 89.3 Å². The number of aryl methyl sites for hydroxylation is 1. The molecule has 0 bridgehead atoms. The van der Waals surface area contributed by atoms with Crippen molar-refractivity contribution >= 4 is 21.4 Å². The number of nitrogens with zero attached hydrogens (tertiary/aromatic N) is 1. The van der Waals surface area contributed by atoms with Gasteiger partial charge in [0.25, 0.3) is 15.7 Å². The fourth-order valence-corrected chi connectivity index (χ4v) is 3.42. The van der Waals surface area contributed by atoms with Crippen LogP contribution in [-0.4, -0.2) is 13.3 Å². The van der Waals surface area contributed by atoms with E-state index >= 15 is 0 Å². The van der Waals surface area contributed by atoms with E-state index in [1.165, 1.54) is 18.2 Å². The number of non-ortho nitro benzene ring substituents is 1. The van der Waals surface area contributed by atoms with Crippen LogP contribution < -0.4 is 4.72 Å². The van der Waals surface area contributed by atoms with Crippen molar-refractivity contribution in [2.75, 3.05) is 4.72 Å². The zero-order valence-electron chi connectivity index (χ0n) is 13.8. The number of anilines is 1. The molecule has 1 N–H and O–H groups in total. The van der Waals surface area contributed by atoms with Crippen LogP contribution in [0.25, 0.3) is 0 Å². The summed E-state index contributed by atoms with van der Waals surface area (Å²) in [5.74, 6) is 0.367. The maximum atomic E-state index is 12.5. The van der Waals surface area contributed by atoms with Crippen LogP contribution in [0, 0.1) is 17.0 Å². The fraction of sp³-hybridized carbons (Fsp3) is 0.294. The van der Waals surface area contributed by atoms with Crippen LogP contribution in [0.2, 0.25) is 0 Å². The van der Waals surface area contributed by atoms with Gasteiger partial charge >= 0.3 is 0 Å². The normalized spacial score (nSPS) is 12.6. The average molecular weight is 348 g/mol. The van der Waals surface area contributed by atoms with Crippen molar-refractivity contribution in [1.82, 2.24) is 0 Å². The van der Waals surface area contributed by atoms with Gasteiger partial charge in [0.1, 0.15) is 0 Å². The molecule has 0 spiro atoms. The zero-order chi connectivity index (χ0) is 17.9. The molecule has 128 valence electrons. The van der Waals surface area contributed by atoms with Crippen LogP contribution in [0.5, 0.6) is 0 Å². The number of sulfonamides is 1. The van der Waals surface area contributed by atoms with Crippen molar-refractivity contribution < 1.29 is 13.3 Å². The van der Waals surface area contributed by atoms with Crippen LogP contribution in [0.1, 0.15) is 37.3 Å². The summed E-state index contributed by atoms with van der Waals surface area (Å²) in [6.45, 7) is 5.78. The summed E-state index contributed by atoms with van der Waals surface area (Å²) in [7, 11) is -3.74. The summed E-state index contributed by atoms with van der Waals surface area (Å²) >= 11 is 0. The second kappa shape index (κ2) is 7.00. The number of nitrogens with one attached hydrogen (secondary N) is 1. The minimum atomic E-state index is -3.74. The average Bonchev–Trinajstić information content (AvgIpc) is 2.55. The first kappa shape index (κ1) is 17.9. The molecule has 2 aromatic rings. The lowest BCUT2D eigenvalue weighted by molar-refractivity contribution is -0.384. The van der Waals surface area contributed by atoms with Gasteiger partial charge in [0.05, 0.1) is 15.5 Å². The number of hydrogen-bond acceptors (Lipinski definition) is 4. The zero-order valence-corrected chi connectivity index (χ0v) is 14.6. The number of rotatable bonds is 6. The molecule has 2 rings (SSSR count). The summed E-state index contributed by atoms with van der Waals surface area (Å²) in [5, 5.41) is 10.7. The smallest absolute Gasteiger partial charge is 0.269 e. The third-order valence-corrected chi connectivity index (χ3v) is 5.42. The van der Waals surface area contributed by atoms with E-state index in [2.05, 4.69) is 18.6 Å². The Kier molecular flexibility index (Phi) is 5.23. The fourth-order valence-electron chi connectivity index (χ4n) is 2.29. The van der Waals surface area contributed by atoms with Crippen molar-refractivity contribution in [3.8, 4) is 0 Å². The van der Waals surface area contributed by atoms with Crippen LogP contribution in [0.15, 0.2) is 47.4 Å². The molecule has 7 heteroatoms. The first-order valence-electron chi connectivity index (χ1n) is 7.62. The van der Waals surface area contributed by atoms with E-state index in [9.17, 15) is 18.5 Å².